The van der Waals surface area contributed by atoms with Gasteiger partial charge in [0, 0.05) is 33.7 Å². The summed E-state index contributed by atoms with van der Waals surface area (Å²) in [6.07, 6.45) is 1.91. The molecule has 9 rings (SSSR count). The van der Waals surface area contributed by atoms with Crippen LogP contribution < -0.4 is 0 Å². The highest BCUT2D eigenvalue weighted by atomic mass is 16.3. The number of fused-ring (bicyclic) bond motifs is 4. The molecule has 6 nitrogen and oxygen atoms in total. The number of furan rings is 1. The van der Waals surface area contributed by atoms with E-state index < -0.39 is 0 Å². The summed E-state index contributed by atoms with van der Waals surface area (Å²) in [5.74, 6) is 1.92. The van der Waals surface area contributed by atoms with Crippen LogP contribution in [0.25, 0.3) is 89.5 Å². The van der Waals surface area contributed by atoms with Gasteiger partial charge in [-0.3, -0.25) is 4.98 Å². The lowest BCUT2D eigenvalue weighted by Crippen LogP contribution is -2.00. The average Bonchev–Trinajstić information content (AvgIpc) is 3.53. The zero-order valence-electron chi connectivity index (χ0n) is 25.1. The number of pyridine rings is 2. The molecule has 0 aliphatic carbocycles. The van der Waals surface area contributed by atoms with Crippen LogP contribution in [0.1, 0.15) is 0 Å². The Morgan fingerprint density at radius 2 is 0.979 bits per heavy atom. The second-order valence-electron chi connectivity index (χ2n) is 11.4. The van der Waals surface area contributed by atoms with Crippen LogP contribution in [0.4, 0.5) is 0 Å². The number of benzene rings is 5. The largest absolute Gasteiger partial charge is 0.454 e. The molecule has 0 atom stereocenters. The molecule has 220 valence electrons. The van der Waals surface area contributed by atoms with Crippen molar-refractivity contribution >= 4 is 32.8 Å². The van der Waals surface area contributed by atoms with Gasteiger partial charge < -0.3 is 4.42 Å². The Labute approximate surface area is 270 Å². The molecule has 0 N–H and O–H groups in total. The monoisotopic (exact) mass is 603 g/mol. The summed E-state index contributed by atoms with van der Waals surface area (Å²) in [7, 11) is 0. The Balaban J connectivity index is 1.07. The molecule has 0 aliphatic rings. The summed E-state index contributed by atoms with van der Waals surface area (Å²) in [5.41, 5.74) is 9.09. The van der Waals surface area contributed by atoms with Crippen molar-refractivity contribution in [3.8, 4) is 56.7 Å². The molecule has 0 saturated carbocycles. The van der Waals surface area contributed by atoms with Gasteiger partial charge in [0.25, 0.3) is 0 Å². The van der Waals surface area contributed by atoms with Gasteiger partial charge in [0.05, 0.1) is 11.4 Å². The maximum atomic E-state index is 5.97. The molecule has 4 aromatic heterocycles. The molecule has 0 radical (unpaired) electrons. The first kappa shape index (κ1) is 26.8. The molecule has 0 bridgehead atoms. The van der Waals surface area contributed by atoms with Gasteiger partial charge in [0.1, 0.15) is 11.1 Å². The molecule has 6 heteroatoms. The zero-order chi connectivity index (χ0) is 31.2. The van der Waals surface area contributed by atoms with Crippen LogP contribution in [-0.2, 0) is 0 Å². The van der Waals surface area contributed by atoms with Crippen molar-refractivity contribution in [2.75, 3.05) is 0 Å². The Morgan fingerprint density at radius 3 is 1.68 bits per heavy atom. The number of hydrogen-bond acceptors (Lipinski definition) is 6. The minimum atomic E-state index is 0.633. The molecule has 0 amide bonds. The van der Waals surface area contributed by atoms with Gasteiger partial charge in [-0.2, -0.15) is 0 Å². The summed E-state index contributed by atoms with van der Waals surface area (Å²) in [6.45, 7) is 0. The topological polar surface area (TPSA) is 77.6 Å². The minimum absolute atomic E-state index is 0.633. The van der Waals surface area contributed by atoms with Crippen LogP contribution in [0.5, 0.6) is 0 Å². The fraction of sp³-hybridized carbons (Fsp3) is 0. The Bertz CT molecular complexity index is 2500. The quantitative estimate of drug-likeness (QED) is 0.195. The number of hydrogen-bond donors (Lipinski definition) is 0. The van der Waals surface area contributed by atoms with Crippen LogP contribution in [0.15, 0.2) is 156 Å². The molecule has 5 aromatic carbocycles. The van der Waals surface area contributed by atoms with Crippen molar-refractivity contribution < 1.29 is 4.42 Å². The van der Waals surface area contributed by atoms with Gasteiger partial charge in [-0.1, -0.05) is 109 Å². The van der Waals surface area contributed by atoms with Crippen LogP contribution in [0.3, 0.4) is 0 Å². The fourth-order valence-electron chi connectivity index (χ4n) is 5.94. The van der Waals surface area contributed by atoms with E-state index in [1.807, 2.05) is 103 Å². The third kappa shape index (κ3) is 4.98. The summed E-state index contributed by atoms with van der Waals surface area (Å²) < 4.78 is 5.97. The molecule has 0 unspecified atom stereocenters. The summed E-state index contributed by atoms with van der Waals surface area (Å²) in [6, 6.07) is 48.9. The second-order valence-corrected chi connectivity index (χ2v) is 11.4. The first-order valence-electron chi connectivity index (χ1n) is 15.4. The SMILES string of the molecule is c1ccc(-c2nc(-c3ccccc3)nc(-c3ccc(-c4ccc5cnc(-c6ccc7oc8ccccc8c7n6)cc5c4)cc3)n2)cc1. The Hall–Kier alpha value is -6.53. The number of rotatable bonds is 5. The van der Waals surface area contributed by atoms with E-state index in [0.29, 0.717) is 17.5 Å². The van der Waals surface area contributed by atoms with Gasteiger partial charge in [0.2, 0.25) is 0 Å². The Kier molecular flexibility index (Phi) is 6.35. The first-order chi connectivity index (χ1) is 23.2. The van der Waals surface area contributed by atoms with Gasteiger partial charge in [-0.25, -0.2) is 19.9 Å². The smallest absolute Gasteiger partial charge is 0.164 e. The minimum Gasteiger partial charge on any atom is -0.454 e. The maximum Gasteiger partial charge on any atom is 0.164 e. The fourth-order valence-corrected chi connectivity index (χ4v) is 5.94. The highest BCUT2D eigenvalue weighted by Gasteiger charge is 2.14. The summed E-state index contributed by atoms with van der Waals surface area (Å²) in [5, 5.41) is 3.16. The number of aromatic nitrogens is 5. The van der Waals surface area contributed by atoms with E-state index in [0.717, 1.165) is 72.0 Å². The van der Waals surface area contributed by atoms with Gasteiger partial charge in [0.15, 0.2) is 23.1 Å². The molecule has 0 fully saturated rings. The van der Waals surface area contributed by atoms with E-state index in [2.05, 4.69) is 48.5 Å². The standard InChI is InChI=1S/C41H25N5O/c1-3-9-27(10-4-1)39-44-40(28-11-5-2-6-12-28)46-41(45-39)29-17-15-26(16-18-29)30-19-20-31-25-42-35(24-32(31)23-30)34-21-22-37-38(43-34)33-13-7-8-14-36(33)47-37/h1-25H. The van der Waals surface area contributed by atoms with Gasteiger partial charge in [-0.05, 0) is 52.9 Å². The van der Waals surface area contributed by atoms with Gasteiger partial charge >= 0.3 is 0 Å². The van der Waals surface area contributed by atoms with Crippen LogP contribution in [0.2, 0.25) is 0 Å². The van der Waals surface area contributed by atoms with Crippen LogP contribution in [0, 0.1) is 0 Å². The lowest BCUT2D eigenvalue weighted by Gasteiger charge is -2.09. The van der Waals surface area contributed by atoms with E-state index >= 15 is 0 Å². The van der Waals surface area contributed by atoms with E-state index in [4.69, 9.17) is 29.3 Å². The molecular weight excluding hydrogens is 578 g/mol. The van der Waals surface area contributed by atoms with Crippen LogP contribution >= 0.6 is 0 Å². The third-order valence-corrected chi connectivity index (χ3v) is 8.38. The molecule has 9 aromatic rings. The predicted molar refractivity (Wildman–Crippen MR) is 187 cm³/mol. The van der Waals surface area contributed by atoms with E-state index in [1.54, 1.807) is 0 Å². The van der Waals surface area contributed by atoms with Crippen LogP contribution in [-0.4, -0.2) is 24.9 Å². The van der Waals surface area contributed by atoms with Crippen molar-refractivity contribution in [3.63, 3.8) is 0 Å². The summed E-state index contributed by atoms with van der Waals surface area (Å²) in [4.78, 5) is 24.2. The highest BCUT2D eigenvalue weighted by Crippen LogP contribution is 2.32. The summed E-state index contributed by atoms with van der Waals surface area (Å²) >= 11 is 0. The van der Waals surface area contributed by atoms with E-state index in [9.17, 15) is 0 Å². The van der Waals surface area contributed by atoms with E-state index in [-0.39, 0.29) is 0 Å². The van der Waals surface area contributed by atoms with Crippen molar-refractivity contribution in [2.24, 2.45) is 0 Å². The van der Waals surface area contributed by atoms with Crippen molar-refractivity contribution in [1.82, 2.24) is 24.9 Å². The second kappa shape index (κ2) is 11.1. The number of para-hydroxylation sites is 1. The molecule has 0 spiro atoms. The lowest BCUT2D eigenvalue weighted by atomic mass is 10.00. The first-order valence-corrected chi connectivity index (χ1v) is 15.4. The normalized spacial score (nSPS) is 11.4. The molecule has 0 saturated heterocycles. The number of nitrogens with zero attached hydrogens (tertiary/aromatic N) is 5. The predicted octanol–water partition coefficient (Wildman–Crippen LogP) is 10.0. The van der Waals surface area contributed by atoms with E-state index in [1.165, 1.54) is 0 Å². The maximum absolute atomic E-state index is 5.97. The molecule has 47 heavy (non-hydrogen) atoms. The average molecular weight is 604 g/mol. The Morgan fingerprint density at radius 1 is 0.383 bits per heavy atom. The van der Waals surface area contributed by atoms with Crippen molar-refractivity contribution in [2.45, 2.75) is 0 Å². The highest BCUT2D eigenvalue weighted by molar-refractivity contribution is 6.03. The molecule has 4 heterocycles. The third-order valence-electron chi connectivity index (χ3n) is 8.38. The molecule has 0 aliphatic heterocycles. The van der Waals surface area contributed by atoms with Gasteiger partial charge in [-0.15, -0.1) is 0 Å². The lowest BCUT2D eigenvalue weighted by molar-refractivity contribution is 0.668. The van der Waals surface area contributed by atoms with Crippen molar-refractivity contribution in [3.05, 3.63) is 152 Å². The van der Waals surface area contributed by atoms with Crippen molar-refractivity contribution in [1.29, 1.82) is 0 Å². The zero-order valence-corrected chi connectivity index (χ0v) is 25.1. The molecular formula is C41H25N5O.